The first kappa shape index (κ1) is 9.56. The molecule has 4 heteroatoms. The fourth-order valence-electron chi connectivity index (χ4n) is 0.741. The molecule has 0 aromatic heterocycles. The van der Waals surface area contributed by atoms with E-state index in [-0.39, 0.29) is 17.8 Å². The number of hydrogen-bond donors (Lipinski definition) is 2. The fraction of sp³-hybridized carbons (Fsp3) is 0.833. The van der Waals surface area contributed by atoms with Crippen molar-refractivity contribution in [2.75, 3.05) is 13.1 Å². The van der Waals surface area contributed by atoms with E-state index in [0.717, 1.165) is 13.1 Å². The molecule has 0 fully saturated rings. The molecule has 3 nitrogen and oxygen atoms in total. The van der Waals surface area contributed by atoms with Gasteiger partial charge in [-0.1, -0.05) is 13.8 Å². The maximum Gasteiger partial charge on any atom is 0.188 e. The summed E-state index contributed by atoms with van der Waals surface area (Å²) in [5.74, 6) is 0.578. The molecule has 10 heavy (non-hydrogen) atoms. The van der Waals surface area contributed by atoms with Gasteiger partial charge in [0.1, 0.15) is 0 Å². The van der Waals surface area contributed by atoms with Gasteiger partial charge in [-0.2, -0.15) is 0 Å². The summed E-state index contributed by atoms with van der Waals surface area (Å²) in [6, 6.07) is 0. The average molecular weight is 164 g/mol. The molecule has 0 amide bonds. The number of nitrogens with zero attached hydrogens (tertiary/aromatic N) is 1. The van der Waals surface area contributed by atoms with E-state index in [0.29, 0.717) is 5.96 Å². The first-order chi connectivity index (χ1) is 4.10. The van der Waals surface area contributed by atoms with Gasteiger partial charge in [0.2, 0.25) is 0 Å². The normalized spacial score (nSPS) is 22.0. The van der Waals surface area contributed by atoms with Crippen LogP contribution in [0.3, 0.4) is 0 Å². The van der Waals surface area contributed by atoms with Crippen molar-refractivity contribution < 1.29 is 0 Å². The van der Waals surface area contributed by atoms with E-state index in [4.69, 9.17) is 5.73 Å². The Morgan fingerprint density at radius 3 is 2.50 bits per heavy atom. The number of nitrogens with one attached hydrogen (secondary N) is 1. The second-order valence-corrected chi connectivity index (χ2v) is 3.22. The Balaban J connectivity index is 0.000000810. The minimum Gasteiger partial charge on any atom is -0.370 e. The lowest BCUT2D eigenvalue weighted by Gasteiger charge is -2.27. The number of nitrogens with two attached hydrogens (primary N) is 1. The molecule has 0 spiro atoms. The second-order valence-electron chi connectivity index (χ2n) is 3.22. The Morgan fingerprint density at radius 2 is 2.20 bits per heavy atom. The van der Waals surface area contributed by atoms with Crippen molar-refractivity contribution >= 4 is 18.4 Å². The van der Waals surface area contributed by atoms with Gasteiger partial charge in [-0.25, -0.2) is 0 Å². The van der Waals surface area contributed by atoms with Crippen LogP contribution in [0.25, 0.3) is 0 Å². The maximum atomic E-state index is 5.39. The SMILES string of the molecule is CC1(C)CN=C(N)NC1.Cl. The maximum absolute atomic E-state index is 5.39. The van der Waals surface area contributed by atoms with E-state index in [1.807, 2.05) is 0 Å². The number of hydrogen-bond acceptors (Lipinski definition) is 3. The van der Waals surface area contributed by atoms with Gasteiger partial charge in [0.25, 0.3) is 0 Å². The van der Waals surface area contributed by atoms with E-state index < -0.39 is 0 Å². The summed E-state index contributed by atoms with van der Waals surface area (Å²) in [6.07, 6.45) is 0. The van der Waals surface area contributed by atoms with E-state index in [1.54, 1.807) is 0 Å². The number of guanidine groups is 1. The zero-order valence-electron chi connectivity index (χ0n) is 6.35. The van der Waals surface area contributed by atoms with Crippen LogP contribution in [0.1, 0.15) is 13.8 Å². The van der Waals surface area contributed by atoms with Crippen molar-refractivity contribution in [1.29, 1.82) is 0 Å². The fourth-order valence-corrected chi connectivity index (χ4v) is 0.741. The quantitative estimate of drug-likeness (QED) is 0.542. The number of rotatable bonds is 0. The molecule has 0 atom stereocenters. The predicted molar refractivity (Wildman–Crippen MR) is 45.5 cm³/mol. The lowest BCUT2D eigenvalue weighted by Crippen LogP contribution is -2.44. The Labute approximate surface area is 67.5 Å². The summed E-state index contributed by atoms with van der Waals surface area (Å²) in [7, 11) is 0. The number of halogens is 1. The smallest absolute Gasteiger partial charge is 0.188 e. The van der Waals surface area contributed by atoms with E-state index in [2.05, 4.69) is 24.2 Å². The molecule has 3 N–H and O–H groups in total. The van der Waals surface area contributed by atoms with Crippen molar-refractivity contribution in [1.82, 2.24) is 5.32 Å². The molecular formula is C6H14ClN3. The summed E-state index contributed by atoms with van der Waals surface area (Å²) >= 11 is 0. The number of aliphatic imine (C=N–C) groups is 1. The minimum atomic E-state index is 0. The monoisotopic (exact) mass is 163 g/mol. The summed E-state index contributed by atoms with van der Waals surface area (Å²) in [6.45, 7) is 6.10. The molecule has 1 heterocycles. The molecule has 1 rings (SSSR count). The van der Waals surface area contributed by atoms with Crippen LogP contribution in [0, 0.1) is 5.41 Å². The van der Waals surface area contributed by atoms with Crippen molar-refractivity contribution in [2.24, 2.45) is 16.1 Å². The zero-order valence-corrected chi connectivity index (χ0v) is 7.16. The Morgan fingerprint density at radius 1 is 1.60 bits per heavy atom. The molecule has 0 saturated carbocycles. The molecule has 60 valence electrons. The molecule has 0 aliphatic carbocycles. The molecule has 0 radical (unpaired) electrons. The molecule has 1 aliphatic heterocycles. The largest absolute Gasteiger partial charge is 0.370 e. The highest BCUT2D eigenvalue weighted by molar-refractivity contribution is 5.85. The summed E-state index contributed by atoms with van der Waals surface area (Å²) in [5.41, 5.74) is 5.68. The van der Waals surface area contributed by atoms with Crippen LogP contribution in [-0.2, 0) is 0 Å². The third kappa shape index (κ3) is 2.43. The summed E-state index contributed by atoms with van der Waals surface area (Å²) in [5, 5.41) is 3.00. The van der Waals surface area contributed by atoms with Gasteiger partial charge < -0.3 is 11.1 Å². The van der Waals surface area contributed by atoms with E-state index >= 15 is 0 Å². The third-order valence-electron chi connectivity index (χ3n) is 1.43. The van der Waals surface area contributed by atoms with E-state index in [1.165, 1.54) is 0 Å². The van der Waals surface area contributed by atoms with Crippen LogP contribution in [0.2, 0.25) is 0 Å². The third-order valence-corrected chi connectivity index (χ3v) is 1.43. The summed E-state index contributed by atoms with van der Waals surface area (Å²) in [4.78, 5) is 4.07. The van der Waals surface area contributed by atoms with Gasteiger partial charge in [-0.15, -0.1) is 12.4 Å². The highest BCUT2D eigenvalue weighted by Crippen LogP contribution is 2.15. The van der Waals surface area contributed by atoms with Crippen molar-refractivity contribution in [3.63, 3.8) is 0 Å². The van der Waals surface area contributed by atoms with Crippen molar-refractivity contribution in [3.8, 4) is 0 Å². The molecule has 0 bridgehead atoms. The predicted octanol–water partition coefficient (Wildman–Crippen LogP) is 0.352. The van der Waals surface area contributed by atoms with Gasteiger partial charge in [0.15, 0.2) is 5.96 Å². The minimum absolute atomic E-state index is 0. The Bertz CT molecular complexity index is 142. The van der Waals surface area contributed by atoms with Crippen LogP contribution in [0.4, 0.5) is 0 Å². The average Bonchev–Trinajstić information content (AvgIpc) is 1.78. The van der Waals surface area contributed by atoms with Gasteiger partial charge in [-0.3, -0.25) is 4.99 Å². The topological polar surface area (TPSA) is 50.4 Å². The summed E-state index contributed by atoms with van der Waals surface area (Å²) < 4.78 is 0. The highest BCUT2D eigenvalue weighted by Gasteiger charge is 2.20. The standard InChI is InChI=1S/C6H13N3.ClH/c1-6(2)3-8-5(7)9-4-6;/h3-4H2,1-2H3,(H3,7,8,9);1H. The Kier molecular flexibility index (Phi) is 2.96. The molecule has 0 unspecified atom stereocenters. The molecule has 0 aromatic carbocycles. The van der Waals surface area contributed by atoms with Gasteiger partial charge >= 0.3 is 0 Å². The van der Waals surface area contributed by atoms with Gasteiger partial charge in [-0.05, 0) is 0 Å². The first-order valence-electron chi connectivity index (χ1n) is 3.14. The van der Waals surface area contributed by atoms with Crippen LogP contribution >= 0.6 is 12.4 Å². The Hall–Kier alpha value is -0.440. The second kappa shape index (κ2) is 3.10. The first-order valence-corrected chi connectivity index (χ1v) is 3.14. The molecule has 0 saturated heterocycles. The van der Waals surface area contributed by atoms with E-state index in [9.17, 15) is 0 Å². The molecule has 0 aromatic rings. The molecular weight excluding hydrogens is 150 g/mol. The lowest BCUT2D eigenvalue weighted by molar-refractivity contribution is 0.361. The molecule has 1 aliphatic rings. The van der Waals surface area contributed by atoms with Crippen LogP contribution in [0.15, 0.2) is 4.99 Å². The highest BCUT2D eigenvalue weighted by atomic mass is 35.5. The van der Waals surface area contributed by atoms with Crippen molar-refractivity contribution in [3.05, 3.63) is 0 Å². The van der Waals surface area contributed by atoms with Crippen molar-refractivity contribution in [2.45, 2.75) is 13.8 Å². The van der Waals surface area contributed by atoms with Crippen LogP contribution in [-0.4, -0.2) is 19.0 Å². The van der Waals surface area contributed by atoms with Crippen LogP contribution < -0.4 is 11.1 Å². The zero-order chi connectivity index (χ0) is 6.91. The lowest BCUT2D eigenvalue weighted by atomic mass is 9.93. The van der Waals surface area contributed by atoms with Gasteiger partial charge in [0.05, 0.1) is 0 Å². The van der Waals surface area contributed by atoms with Gasteiger partial charge in [0, 0.05) is 18.5 Å². The van der Waals surface area contributed by atoms with Crippen LogP contribution in [0.5, 0.6) is 0 Å².